The number of hydrogen-bond acceptors (Lipinski definition) is 10. The largest absolute Gasteiger partial charge is 0.497 e. The van der Waals surface area contributed by atoms with E-state index in [4.69, 9.17) is 23.7 Å². The summed E-state index contributed by atoms with van der Waals surface area (Å²) < 4.78 is 68.0. The smallest absolute Gasteiger partial charge is 0.320 e. The Labute approximate surface area is 454 Å². The molecule has 8 rings (SSSR count). The molecule has 400 valence electrons. The maximum absolute atomic E-state index is 14.1. The van der Waals surface area contributed by atoms with Crippen LogP contribution in [0.4, 0.5) is 13.2 Å². The Morgan fingerprint density at radius 3 is 1.23 bits per heavy atom. The highest BCUT2D eigenvalue weighted by molar-refractivity contribution is 7.59. The van der Waals surface area contributed by atoms with E-state index in [2.05, 4.69) is 0 Å². The number of allylic oxidation sites excluding steroid dienone is 1. The highest BCUT2D eigenvalue weighted by atomic mass is 32.1. The lowest BCUT2D eigenvalue weighted by Gasteiger charge is -2.28. The summed E-state index contributed by atoms with van der Waals surface area (Å²) in [6.45, 7) is 7.22. The summed E-state index contributed by atoms with van der Waals surface area (Å²) in [5.74, 6) is -0.843. The highest BCUT2D eigenvalue weighted by Gasteiger charge is 2.50. The lowest BCUT2D eigenvalue weighted by Crippen LogP contribution is -2.36. The van der Waals surface area contributed by atoms with Gasteiger partial charge in [-0.25, -0.2) is 13.2 Å². The summed E-state index contributed by atoms with van der Waals surface area (Å²) >= 11 is 0. The first-order chi connectivity index (χ1) is 33.4. The minimum Gasteiger partial charge on any atom is -0.497 e. The molecule has 16 heteroatoms. The normalized spacial score (nSPS) is 19.2. The Morgan fingerprint density at radius 2 is 0.878 bits per heavy atom. The van der Waals surface area contributed by atoms with Crippen LogP contribution in [0.1, 0.15) is 110 Å². The molecule has 0 spiro atoms. The summed E-state index contributed by atoms with van der Waals surface area (Å²) in [6.07, 6.45) is 4.87. The molecule has 3 atom stereocenters. The zero-order valence-electron chi connectivity index (χ0n) is 42.2. The van der Waals surface area contributed by atoms with Crippen LogP contribution in [0, 0.1) is 38.2 Å². The molecule has 10 nitrogen and oxygen atoms in total. The first kappa shape index (κ1) is 64.1. The second kappa shape index (κ2) is 28.1. The molecule has 74 heavy (non-hydrogen) atoms. The van der Waals surface area contributed by atoms with Crippen molar-refractivity contribution in [1.82, 2.24) is 0 Å². The molecule has 2 saturated carbocycles. The third kappa shape index (κ3) is 14.0. The number of benzene rings is 5. The average Bonchev–Trinajstić information content (AvgIpc) is 4.10. The summed E-state index contributed by atoms with van der Waals surface area (Å²) in [4.78, 5) is 61.6. The van der Waals surface area contributed by atoms with Gasteiger partial charge in [-0.15, -0.1) is 0 Å². The fourth-order valence-corrected chi connectivity index (χ4v) is 9.75. The Hall–Kier alpha value is -5.97. The Balaban J connectivity index is 0.000000376. The van der Waals surface area contributed by atoms with Crippen LogP contribution in [0.15, 0.2) is 115 Å². The maximum Gasteiger partial charge on any atom is 0.320 e. The summed E-state index contributed by atoms with van der Waals surface area (Å²) in [5, 5.41) is 0. The molecule has 3 aliphatic rings. The molecule has 0 heterocycles. The molecule has 0 radical (unpaired) electrons. The van der Waals surface area contributed by atoms with E-state index >= 15 is 0 Å². The number of rotatable bonds is 12. The summed E-state index contributed by atoms with van der Waals surface area (Å²) in [5.41, 5.74) is 2.91. The van der Waals surface area contributed by atoms with Crippen LogP contribution < -0.4 is 9.47 Å². The third-order valence-corrected chi connectivity index (χ3v) is 13.8. The monoisotopic (exact) mass is 1080 g/mol. The molecule has 5 aromatic rings. The van der Waals surface area contributed by atoms with Crippen LogP contribution in [-0.4, -0.2) is 50.8 Å². The summed E-state index contributed by atoms with van der Waals surface area (Å²) in [7, 11) is 4.48. The number of halogens is 3. The van der Waals surface area contributed by atoms with Crippen LogP contribution >= 0.6 is 40.5 Å². The number of carbonyl (C=O) groups is 5. The minimum absolute atomic E-state index is 0. The van der Waals surface area contributed by atoms with Gasteiger partial charge < -0.3 is 23.7 Å². The van der Waals surface area contributed by atoms with Crippen molar-refractivity contribution in [2.75, 3.05) is 21.3 Å². The van der Waals surface area contributed by atoms with Crippen molar-refractivity contribution in [2.24, 2.45) is 0 Å². The molecule has 0 unspecified atom stereocenters. The van der Waals surface area contributed by atoms with Gasteiger partial charge in [-0.1, -0.05) is 79.7 Å². The van der Waals surface area contributed by atoms with E-state index in [9.17, 15) is 37.1 Å². The number of methoxy groups -OCH3 is 3. The standard InChI is InChI=1S/C22H23FO3.C21H21FO4.C14H15FO3.CH4.3H2S/c1-15-11-12-22(13-15,19-5-4-6-20(23)16(19)2)21(24)26-14-17-7-9-18(25-3)10-8-17;1-14-18(4-3-5-19(14)22)21(11-10-16(23)12-21)20(24)26-13-15-6-8-17(25-2)9-7-15;1-9-11(4-3-5-12(9)15)14(13(17)18-2)7-6-10(16)8-14;;;;/h4-10,13H,11-12,14H2,1-3H3;3-9H,10-13H2,1-2H3;3-5H,6-8H2,1-2H3;1H4;3*1H2/t22-;21-;14-;;;;/m000..../s1. The van der Waals surface area contributed by atoms with Crippen molar-refractivity contribution in [2.45, 2.75) is 116 Å². The number of hydrogen-bond donors (Lipinski definition) is 0. The van der Waals surface area contributed by atoms with Crippen molar-refractivity contribution < 1.29 is 60.8 Å². The zero-order valence-corrected chi connectivity index (χ0v) is 45.2. The number of carbonyl (C=O) groups excluding carboxylic acids is 5. The molecule has 0 aliphatic heterocycles. The van der Waals surface area contributed by atoms with E-state index in [-0.39, 0.29) is 109 Å². The van der Waals surface area contributed by atoms with E-state index in [0.29, 0.717) is 71.2 Å². The quantitative estimate of drug-likeness (QED) is 0.0676. The molecule has 0 aromatic heterocycles. The molecule has 0 amide bonds. The molecule has 0 N–H and O–H groups in total. The van der Waals surface area contributed by atoms with Crippen molar-refractivity contribution in [3.63, 3.8) is 0 Å². The van der Waals surface area contributed by atoms with Crippen molar-refractivity contribution in [3.8, 4) is 11.5 Å². The molecule has 5 aromatic carbocycles. The van der Waals surface area contributed by atoms with Crippen LogP contribution in [-0.2, 0) is 67.6 Å². The van der Waals surface area contributed by atoms with Crippen molar-refractivity contribution in [3.05, 3.63) is 177 Å². The van der Waals surface area contributed by atoms with Gasteiger partial charge in [0.2, 0.25) is 0 Å². The molecule has 0 bridgehead atoms. The van der Waals surface area contributed by atoms with Gasteiger partial charge in [-0.2, -0.15) is 40.5 Å². The van der Waals surface area contributed by atoms with Gasteiger partial charge in [0.1, 0.15) is 70.0 Å². The predicted molar refractivity (Wildman–Crippen MR) is 295 cm³/mol. The lowest BCUT2D eigenvalue weighted by molar-refractivity contribution is -0.152. The number of esters is 3. The molecule has 0 saturated heterocycles. The fraction of sp³-hybridized carbons (Fsp3) is 0.362. The van der Waals surface area contributed by atoms with Gasteiger partial charge in [0.15, 0.2) is 0 Å². The van der Waals surface area contributed by atoms with Crippen LogP contribution in [0.2, 0.25) is 0 Å². The number of ketones is 2. The van der Waals surface area contributed by atoms with Crippen LogP contribution in [0.3, 0.4) is 0 Å². The van der Waals surface area contributed by atoms with E-state index < -0.39 is 28.2 Å². The zero-order chi connectivity index (χ0) is 50.8. The second-order valence-electron chi connectivity index (χ2n) is 18.1. The molecule has 3 aliphatic carbocycles. The van der Waals surface area contributed by atoms with Gasteiger partial charge in [-0.05, 0) is 140 Å². The molecular weight excluding hydrogens is 1010 g/mol. The van der Waals surface area contributed by atoms with E-state index in [0.717, 1.165) is 28.9 Å². The Bertz CT molecular complexity index is 2780. The first-order valence-electron chi connectivity index (χ1n) is 23.1. The second-order valence-corrected chi connectivity index (χ2v) is 18.1. The number of Topliss-reactive ketones (excluding diaryl/α,β-unsaturated/α-hetero) is 2. The average molecular weight is 1080 g/mol. The summed E-state index contributed by atoms with van der Waals surface area (Å²) in [6, 6.07) is 28.7. The van der Waals surface area contributed by atoms with E-state index in [1.54, 1.807) is 77.5 Å². The Kier molecular flexibility index (Phi) is 24.3. The van der Waals surface area contributed by atoms with Crippen molar-refractivity contribution >= 4 is 70.0 Å². The third-order valence-electron chi connectivity index (χ3n) is 13.8. The predicted octanol–water partition coefficient (Wildman–Crippen LogP) is 12.0. The first-order valence-corrected chi connectivity index (χ1v) is 23.1. The van der Waals surface area contributed by atoms with Gasteiger partial charge in [0.05, 0.1) is 21.3 Å². The van der Waals surface area contributed by atoms with Crippen LogP contribution in [0.5, 0.6) is 11.5 Å². The lowest BCUT2D eigenvalue weighted by atomic mass is 9.76. The molecule has 2 fully saturated rings. The van der Waals surface area contributed by atoms with Crippen LogP contribution in [0.25, 0.3) is 0 Å². The van der Waals surface area contributed by atoms with E-state index in [1.807, 2.05) is 55.5 Å². The molecular formula is C58H69F3O10S3. The van der Waals surface area contributed by atoms with Crippen molar-refractivity contribution in [1.29, 1.82) is 0 Å². The van der Waals surface area contributed by atoms with E-state index in [1.165, 1.54) is 25.3 Å². The SMILES string of the molecule is C.COC(=O)[C@@]1(c2cccc(F)c2C)CCC(=O)C1.COc1ccc(COC(=O)[C@@]2(c3cccc(F)c3C)CCC(=O)C2)cc1.COc1ccc(COC(=O)[C@]2(c3cccc(F)c3C)C=C(C)CC2)cc1.S.S.S. The van der Waals surface area contributed by atoms with Gasteiger partial charge in [0.25, 0.3) is 0 Å². The minimum atomic E-state index is -1.10. The van der Waals surface area contributed by atoms with Gasteiger partial charge in [0, 0.05) is 25.7 Å². The highest BCUT2D eigenvalue weighted by Crippen LogP contribution is 2.45. The van der Waals surface area contributed by atoms with Gasteiger partial charge >= 0.3 is 17.9 Å². The van der Waals surface area contributed by atoms with Gasteiger partial charge in [-0.3, -0.25) is 24.0 Å². The fourth-order valence-electron chi connectivity index (χ4n) is 9.75. The Morgan fingerprint density at radius 1 is 0.500 bits per heavy atom. The topological polar surface area (TPSA) is 132 Å². The maximum atomic E-state index is 14.1. The number of ether oxygens (including phenoxy) is 5.